The molecule has 0 aliphatic carbocycles. The van der Waals surface area contributed by atoms with Crippen molar-refractivity contribution in [1.29, 1.82) is 0 Å². The zero-order valence-electron chi connectivity index (χ0n) is 18.0. The van der Waals surface area contributed by atoms with E-state index in [1.165, 1.54) is 21.6 Å². The van der Waals surface area contributed by atoms with Gasteiger partial charge in [-0.1, -0.05) is 41.7 Å². The van der Waals surface area contributed by atoms with Crippen molar-refractivity contribution in [2.75, 3.05) is 31.1 Å². The predicted octanol–water partition coefficient (Wildman–Crippen LogP) is 3.80. The van der Waals surface area contributed by atoms with Crippen LogP contribution in [0.25, 0.3) is 10.2 Å². The molecule has 0 atom stereocenters. The van der Waals surface area contributed by atoms with Crippen LogP contribution in [0.15, 0.2) is 42.5 Å². The normalized spacial score (nSPS) is 11.3. The molecule has 3 aromatic rings. The van der Waals surface area contributed by atoms with Gasteiger partial charge in [-0.3, -0.25) is 9.69 Å². The molecule has 0 saturated heterocycles. The van der Waals surface area contributed by atoms with Gasteiger partial charge in [-0.05, 0) is 62.9 Å². The van der Waals surface area contributed by atoms with Gasteiger partial charge in [-0.25, -0.2) is 4.98 Å². The van der Waals surface area contributed by atoms with E-state index in [2.05, 4.69) is 52.0 Å². The van der Waals surface area contributed by atoms with Crippen LogP contribution in [-0.2, 0) is 11.2 Å². The van der Waals surface area contributed by atoms with Crippen LogP contribution in [0.3, 0.4) is 0 Å². The Labute approximate surface area is 178 Å². The Morgan fingerprint density at radius 2 is 1.76 bits per heavy atom. The number of hydrogen-bond donors (Lipinski definition) is 1. The highest BCUT2D eigenvalue weighted by molar-refractivity contribution is 7.22. The second-order valence-electron chi connectivity index (χ2n) is 7.64. The molecule has 1 N–H and O–H groups in total. The molecule has 1 amide bonds. The summed E-state index contributed by atoms with van der Waals surface area (Å²) in [6.07, 6.45) is 1.27. The van der Waals surface area contributed by atoms with Gasteiger partial charge < -0.3 is 4.90 Å². The molecule has 0 aliphatic heterocycles. The lowest BCUT2D eigenvalue weighted by molar-refractivity contribution is -0.894. The van der Waals surface area contributed by atoms with Gasteiger partial charge in [0.2, 0.25) is 5.91 Å². The third-order valence-corrected chi connectivity index (χ3v) is 6.73. The van der Waals surface area contributed by atoms with Crippen molar-refractivity contribution in [3.8, 4) is 0 Å². The lowest BCUT2D eigenvalue weighted by Gasteiger charge is -2.23. The van der Waals surface area contributed by atoms with Crippen molar-refractivity contribution < 1.29 is 9.69 Å². The van der Waals surface area contributed by atoms with E-state index in [9.17, 15) is 4.79 Å². The quantitative estimate of drug-likeness (QED) is 0.583. The molecule has 1 heterocycles. The molecule has 154 valence electrons. The number of aryl methyl sites for hydroxylation is 3. The van der Waals surface area contributed by atoms with Crippen molar-refractivity contribution in [2.45, 2.75) is 40.5 Å². The fourth-order valence-electron chi connectivity index (χ4n) is 3.51. The average Bonchev–Trinajstić information content (AvgIpc) is 3.12. The Balaban J connectivity index is 1.82. The summed E-state index contributed by atoms with van der Waals surface area (Å²) in [5, 5.41) is 0.828. The van der Waals surface area contributed by atoms with Gasteiger partial charge in [-0.2, -0.15) is 0 Å². The zero-order chi connectivity index (χ0) is 20.8. The Kier molecular flexibility index (Phi) is 7.40. The van der Waals surface area contributed by atoms with Crippen LogP contribution in [0.2, 0.25) is 0 Å². The number of thiazole rings is 1. The van der Waals surface area contributed by atoms with Crippen LogP contribution < -0.4 is 9.80 Å². The third kappa shape index (κ3) is 5.43. The maximum Gasteiger partial charge on any atom is 0.229 e. The smallest absolute Gasteiger partial charge is 0.229 e. The van der Waals surface area contributed by atoms with Gasteiger partial charge in [0.05, 0.1) is 36.4 Å². The van der Waals surface area contributed by atoms with Crippen LogP contribution in [0.1, 0.15) is 37.0 Å². The highest BCUT2D eigenvalue weighted by Gasteiger charge is 2.21. The van der Waals surface area contributed by atoms with Crippen molar-refractivity contribution in [3.05, 3.63) is 59.2 Å². The summed E-state index contributed by atoms with van der Waals surface area (Å²) in [6.45, 7) is 12.4. The first-order valence-corrected chi connectivity index (χ1v) is 11.4. The lowest BCUT2D eigenvalue weighted by Crippen LogP contribution is -3.12. The minimum atomic E-state index is 0.160. The highest BCUT2D eigenvalue weighted by atomic mass is 32.1. The maximum atomic E-state index is 13.2. The summed E-state index contributed by atoms with van der Waals surface area (Å²) in [7, 11) is 0. The van der Waals surface area contributed by atoms with Crippen molar-refractivity contribution in [2.24, 2.45) is 0 Å². The van der Waals surface area contributed by atoms with Crippen molar-refractivity contribution in [1.82, 2.24) is 4.98 Å². The number of amides is 1. The number of nitrogens with zero attached hydrogens (tertiary/aromatic N) is 2. The van der Waals surface area contributed by atoms with E-state index in [0.29, 0.717) is 13.0 Å². The van der Waals surface area contributed by atoms with Gasteiger partial charge in [0.25, 0.3) is 0 Å². The maximum absolute atomic E-state index is 13.2. The van der Waals surface area contributed by atoms with Crippen LogP contribution in [0.4, 0.5) is 5.13 Å². The number of quaternary nitrogens is 1. The first kappa shape index (κ1) is 21.5. The van der Waals surface area contributed by atoms with E-state index < -0.39 is 0 Å². The number of rotatable bonds is 9. The molecule has 0 radical (unpaired) electrons. The van der Waals surface area contributed by atoms with Gasteiger partial charge in [0.15, 0.2) is 5.13 Å². The SMILES string of the molecule is CC[NH+](CC)CCN(C(=O)CCc1ccccc1)c1nc2cc(C)c(C)cc2s1. The number of carbonyl (C=O) groups is 1. The first-order valence-electron chi connectivity index (χ1n) is 10.6. The Hall–Kier alpha value is -2.24. The molecule has 0 saturated carbocycles. The molecule has 2 aromatic carbocycles. The molecular formula is C24H32N3OS+. The number of carbonyl (C=O) groups excluding carboxylic acids is 1. The molecule has 0 spiro atoms. The predicted molar refractivity (Wildman–Crippen MR) is 123 cm³/mol. The van der Waals surface area contributed by atoms with Crippen molar-refractivity contribution >= 4 is 32.6 Å². The second-order valence-corrected chi connectivity index (χ2v) is 8.65. The number of likely N-dealkylation sites (N-methyl/N-ethyl adjacent to an activating group) is 1. The van der Waals surface area contributed by atoms with Gasteiger partial charge in [-0.15, -0.1) is 0 Å². The summed E-state index contributed by atoms with van der Waals surface area (Å²) < 4.78 is 1.15. The molecule has 29 heavy (non-hydrogen) atoms. The number of hydrogen-bond acceptors (Lipinski definition) is 3. The van der Waals surface area contributed by atoms with E-state index in [0.717, 1.165) is 41.4 Å². The number of nitrogens with one attached hydrogen (secondary N) is 1. The monoisotopic (exact) mass is 410 g/mol. The molecule has 3 rings (SSSR count). The summed E-state index contributed by atoms with van der Waals surface area (Å²) in [4.78, 5) is 21.5. The molecule has 0 fully saturated rings. The standard InChI is InChI=1S/C24H31N3OS/c1-5-26(6-2)14-15-27(23(28)13-12-20-10-8-7-9-11-20)24-25-21-16-18(3)19(4)17-22(21)29-24/h7-11,16-17H,5-6,12-15H2,1-4H3/p+1. The van der Waals surface area contributed by atoms with Gasteiger partial charge >= 0.3 is 0 Å². The molecule has 0 bridgehead atoms. The number of fused-ring (bicyclic) bond motifs is 1. The van der Waals surface area contributed by atoms with Gasteiger partial charge in [0.1, 0.15) is 0 Å². The summed E-state index contributed by atoms with van der Waals surface area (Å²) in [5.41, 5.74) is 4.70. The van der Waals surface area contributed by atoms with Crippen LogP contribution in [-0.4, -0.2) is 37.1 Å². The Morgan fingerprint density at radius 1 is 1.07 bits per heavy atom. The summed E-state index contributed by atoms with van der Waals surface area (Å²) >= 11 is 1.63. The molecule has 0 aliphatic rings. The number of aromatic nitrogens is 1. The topological polar surface area (TPSA) is 37.6 Å². The van der Waals surface area contributed by atoms with Crippen LogP contribution >= 0.6 is 11.3 Å². The summed E-state index contributed by atoms with van der Waals surface area (Å²) in [5.74, 6) is 0.160. The van der Waals surface area contributed by atoms with E-state index in [4.69, 9.17) is 4.98 Å². The molecule has 0 unspecified atom stereocenters. The van der Waals surface area contributed by atoms with E-state index >= 15 is 0 Å². The van der Waals surface area contributed by atoms with Gasteiger partial charge in [0, 0.05) is 6.42 Å². The molecule has 4 nitrogen and oxygen atoms in total. The third-order valence-electron chi connectivity index (χ3n) is 5.68. The minimum absolute atomic E-state index is 0.160. The fourth-order valence-corrected chi connectivity index (χ4v) is 4.60. The second kappa shape index (κ2) is 9.99. The Morgan fingerprint density at radius 3 is 2.45 bits per heavy atom. The molecule has 1 aromatic heterocycles. The van der Waals surface area contributed by atoms with Crippen LogP contribution in [0, 0.1) is 13.8 Å². The average molecular weight is 411 g/mol. The molecule has 5 heteroatoms. The fraction of sp³-hybridized carbons (Fsp3) is 0.417. The Bertz CT molecular complexity index is 908. The molecular weight excluding hydrogens is 378 g/mol. The van der Waals surface area contributed by atoms with Crippen LogP contribution in [0.5, 0.6) is 0 Å². The number of anilines is 1. The first-order chi connectivity index (χ1) is 14.0. The lowest BCUT2D eigenvalue weighted by atomic mass is 10.1. The van der Waals surface area contributed by atoms with Crippen molar-refractivity contribution in [3.63, 3.8) is 0 Å². The number of benzene rings is 2. The zero-order valence-corrected chi connectivity index (χ0v) is 18.8. The van der Waals surface area contributed by atoms with E-state index in [1.807, 2.05) is 23.1 Å². The summed E-state index contributed by atoms with van der Waals surface area (Å²) in [6, 6.07) is 14.6. The highest BCUT2D eigenvalue weighted by Crippen LogP contribution is 2.31. The largest absolute Gasteiger partial charge is 0.334 e. The minimum Gasteiger partial charge on any atom is -0.334 e. The van der Waals surface area contributed by atoms with E-state index in [1.54, 1.807) is 11.3 Å². The van der Waals surface area contributed by atoms with E-state index in [-0.39, 0.29) is 5.91 Å².